The fourth-order valence-corrected chi connectivity index (χ4v) is 5.18. The molecular weight excluding hydrogens is 638 g/mol. The first-order valence-electron chi connectivity index (χ1n) is 18.4. The summed E-state index contributed by atoms with van der Waals surface area (Å²) >= 11 is 0. The van der Waals surface area contributed by atoms with Gasteiger partial charge in [-0.15, -0.1) is 0 Å². The SMILES string of the molecule is O=C(O)CCCCCCCCC(=O)OCCN(CCOC(=O)CCCCCCCCC(=O)O)CCOC(=O)CCCCCCCCC(=O)O. The van der Waals surface area contributed by atoms with Crippen molar-refractivity contribution in [1.29, 1.82) is 0 Å². The van der Waals surface area contributed by atoms with Crippen LogP contribution in [-0.4, -0.2) is 95.5 Å². The van der Waals surface area contributed by atoms with Crippen LogP contribution in [0, 0.1) is 0 Å². The van der Waals surface area contributed by atoms with E-state index in [4.69, 9.17) is 29.5 Å². The van der Waals surface area contributed by atoms with Crippen LogP contribution in [0.2, 0.25) is 0 Å². The molecule has 3 N–H and O–H groups in total. The van der Waals surface area contributed by atoms with Crippen LogP contribution in [0.15, 0.2) is 0 Å². The second-order valence-electron chi connectivity index (χ2n) is 12.5. The van der Waals surface area contributed by atoms with Crippen LogP contribution >= 0.6 is 0 Å². The largest absolute Gasteiger partial charge is 0.481 e. The minimum atomic E-state index is -0.777. The Morgan fingerprint density at radius 3 is 0.755 bits per heavy atom. The number of carboxylic acids is 3. The highest BCUT2D eigenvalue weighted by Gasteiger charge is 2.12. The van der Waals surface area contributed by atoms with Gasteiger partial charge in [0, 0.05) is 58.2 Å². The van der Waals surface area contributed by atoms with E-state index in [0.717, 1.165) is 77.0 Å². The third-order valence-electron chi connectivity index (χ3n) is 8.08. The lowest BCUT2D eigenvalue weighted by Crippen LogP contribution is -2.35. The second kappa shape index (κ2) is 33.3. The molecular formula is C36H63NO12. The van der Waals surface area contributed by atoms with Crippen molar-refractivity contribution in [2.24, 2.45) is 0 Å². The van der Waals surface area contributed by atoms with Gasteiger partial charge in [0.25, 0.3) is 0 Å². The van der Waals surface area contributed by atoms with Crippen LogP contribution in [-0.2, 0) is 43.0 Å². The number of hydrogen-bond donors (Lipinski definition) is 3. The maximum atomic E-state index is 12.2. The van der Waals surface area contributed by atoms with Crippen LogP contribution in [0.3, 0.4) is 0 Å². The van der Waals surface area contributed by atoms with Gasteiger partial charge in [-0.05, 0) is 38.5 Å². The molecule has 284 valence electrons. The first kappa shape index (κ1) is 45.8. The second-order valence-corrected chi connectivity index (χ2v) is 12.5. The van der Waals surface area contributed by atoms with E-state index in [0.29, 0.717) is 77.4 Å². The summed E-state index contributed by atoms with van der Waals surface area (Å²) in [6.45, 7) is 1.68. The maximum absolute atomic E-state index is 12.2. The summed E-state index contributed by atoms with van der Waals surface area (Å²) in [5.41, 5.74) is 0. The average molecular weight is 702 g/mol. The predicted molar refractivity (Wildman–Crippen MR) is 183 cm³/mol. The summed E-state index contributed by atoms with van der Waals surface area (Å²) in [6, 6.07) is 0. The van der Waals surface area contributed by atoms with Crippen LogP contribution < -0.4 is 0 Å². The number of esters is 3. The van der Waals surface area contributed by atoms with Crippen molar-refractivity contribution in [3.05, 3.63) is 0 Å². The van der Waals surface area contributed by atoms with Crippen molar-refractivity contribution in [3.63, 3.8) is 0 Å². The van der Waals surface area contributed by atoms with E-state index in [-0.39, 0.29) is 57.0 Å². The quantitative estimate of drug-likeness (QED) is 0.0363. The van der Waals surface area contributed by atoms with Crippen molar-refractivity contribution >= 4 is 35.8 Å². The topological polar surface area (TPSA) is 194 Å². The van der Waals surface area contributed by atoms with Crippen LogP contribution in [0.25, 0.3) is 0 Å². The van der Waals surface area contributed by atoms with Crippen LogP contribution in [0.1, 0.15) is 154 Å². The minimum absolute atomic E-state index is 0.162. The van der Waals surface area contributed by atoms with Gasteiger partial charge in [-0.1, -0.05) is 77.0 Å². The Hall–Kier alpha value is -3.22. The van der Waals surface area contributed by atoms with Crippen LogP contribution in [0.5, 0.6) is 0 Å². The first-order chi connectivity index (χ1) is 23.6. The van der Waals surface area contributed by atoms with Gasteiger partial charge in [0.1, 0.15) is 19.8 Å². The molecule has 0 aliphatic carbocycles. The maximum Gasteiger partial charge on any atom is 0.305 e. The van der Waals surface area contributed by atoms with Gasteiger partial charge in [0.2, 0.25) is 0 Å². The monoisotopic (exact) mass is 701 g/mol. The summed E-state index contributed by atoms with van der Waals surface area (Å²) in [7, 11) is 0. The van der Waals surface area contributed by atoms with Gasteiger partial charge < -0.3 is 29.5 Å². The molecule has 0 bridgehead atoms. The number of nitrogens with zero attached hydrogens (tertiary/aromatic N) is 1. The molecule has 0 unspecified atom stereocenters. The molecule has 0 aliphatic rings. The Morgan fingerprint density at radius 1 is 0.327 bits per heavy atom. The lowest BCUT2D eigenvalue weighted by Gasteiger charge is -2.22. The van der Waals surface area contributed by atoms with Gasteiger partial charge >= 0.3 is 35.8 Å². The predicted octanol–water partition coefficient (Wildman–Crippen LogP) is 6.53. The highest BCUT2D eigenvalue weighted by molar-refractivity contribution is 5.70. The zero-order valence-corrected chi connectivity index (χ0v) is 29.7. The van der Waals surface area contributed by atoms with E-state index < -0.39 is 17.9 Å². The average Bonchev–Trinajstić information content (AvgIpc) is 3.04. The zero-order chi connectivity index (χ0) is 36.4. The molecule has 13 nitrogen and oxygen atoms in total. The lowest BCUT2D eigenvalue weighted by atomic mass is 10.1. The van der Waals surface area contributed by atoms with E-state index >= 15 is 0 Å². The van der Waals surface area contributed by atoms with E-state index in [9.17, 15) is 28.8 Å². The third kappa shape index (κ3) is 35.9. The highest BCUT2D eigenvalue weighted by Crippen LogP contribution is 2.11. The van der Waals surface area contributed by atoms with Crippen molar-refractivity contribution in [2.45, 2.75) is 154 Å². The molecule has 0 rings (SSSR count). The highest BCUT2D eigenvalue weighted by atomic mass is 16.5. The Kier molecular flexibility index (Phi) is 31.1. The van der Waals surface area contributed by atoms with Crippen molar-refractivity contribution in [3.8, 4) is 0 Å². The number of ether oxygens (including phenoxy) is 3. The molecule has 0 radical (unpaired) electrons. The molecule has 13 heteroatoms. The Balaban J connectivity index is 4.34. The first-order valence-corrected chi connectivity index (χ1v) is 18.4. The lowest BCUT2D eigenvalue weighted by molar-refractivity contribution is -0.145. The zero-order valence-electron chi connectivity index (χ0n) is 29.7. The van der Waals surface area contributed by atoms with E-state index in [1.807, 2.05) is 4.90 Å². The summed E-state index contributed by atoms with van der Waals surface area (Å²) in [5, 5.41) is 26.0. The molecule has 0 saturated heterocycles. The molecule has 0 aromatic heterocycles. The molecule has 0 heterocycles. The Morgan fingerprint density at radius 2 is 0.531 bits per heavy atom. The molecule has 0 atom stereocenters. The van der Waals surface area contributed by atoms with Gasteiger partial charge in [-0.2, -0.15) is 0 Å². The van der Waals surface area contributed by atoms with E-state index in [1.54, 1.807) is 0 Å². The molecule has 0 aromatic rings. The summed E-state index contributed by atoms with van der Waals surface area (Å²) in [6.07, 6.45) is 16.6. The molecule has 0 amide bonds. The Bertz CT molecular complexity index is 796. The number of carbonyl (C=O) groups is 6. The summed E-state index contributed by atoms with van der Waals surface area (Å²) < 4.78 is 16.2. The molecule has 0 spiro atoms. The molecule has 0 saturated carbocycles. The number of aliphatic carboxylic acids is 3. The minimum Gasteiger partial charge on any atom is -0.481 e. The van der Waals surface area contributed by atoms with Crippen molar-refractivity contribution in [1.82, 2.24) is 4.90 Å². The molecule has 0 aromatic carbocycles. The number of rotatable bonds is 36. The van der Waals surface area contributed by atoms with Crippen molar-refractivity contribution in [2.75, 3.05) is 39.5 Å². The Labute approximate surface area is 292 Å². The van der Waals surface area contributed by atoms with E-state index in [1.165, 1.54) is 0 Å². The normalized spacial score (nSPS) is 11.0. The fraction of sp³-hybridized carbons (Fsp3) is 0.833. The van der Waals surface area contributed by atoms with Gasteiger partial charge in [0.05, 0.1) is 0 Å². The van der Waals surface area contributed by atoms with Gasteiger partial charge in [0.15, 0.2) is 0 Å². The van der Waals surface area contributed by atoms with Crippen LogP contribution in [0.4, 0.5) is 0 Å². The van der Waals surface area contributed by atoms with Crippen molar-refractivity contribution < 1.29 is 58.3 Å². The molecule has 0 fully saturated rings. The molecule has 0 aliphatic heterocycles. The van der Waals surface area contributed by atoms with Gasteiger partial charge in [-0.25, -0.2) is 0 Å². The van der Waals surface area contributed by atoms with E-state index in [2.05, 4.69) is 0 Å². The summed E-state index contributed by atoms with van der Waals surface area (Å²) in [4.78, 5) is 70.2. The number of hydrogen-bond acceptors (Lipinski definition) is 10. The number of carbonyl (C=O) groups excluding carboxylic acids is 3. The van der Waals surface area contributed by atoms with Gasteiger partial charge in [-0.3, -0.25) is 33.7 Å². The molecule has 49 heavy (non-hydrogen) atoms. The fourth-order valence-electron chi connectivity index (χ4n) is 5.18. The smallest absolute Gasteiger partial charge is 0.305 e. The summed E-state index contributed by atoms with van der Waals surface area (Å²) in [5.74, 6) is -3.19. The number of carboxylic acid groups (broad SMARTS) is 3. The standard InChI is InChI=1S/C36H63NO12/c38-31(39)19-13-7-1-4-10-16-22-34(44)47-28-25-37(26-29-48-35(45)23-17-11-5-2-8-14-20-32(40)41)27-30-49-36(46)24-18-12-6-3-9-15-21-33(42)43/h1-30H2,(H,38,39)(H,40,41)(H,42,43). The third-order valence-corrected chi connectivity index (χ3v) is 8.08. The number of unbranched alkanes of at least 4 members (excludes halogenated alkanes) is 15.